The molecule has 0 aliphatic carbocycles. The third-order valence-electron chi connectivity index (χ3n) is 4.45. The number of para-hydroxylation sites is 1. The molecule has 1 fully saturated rings. The lowest BCUT2D eigenvalue weighted by atomic mass is 10.0. The third kappa shape index (κ3) is 5.13. The van der Waals surface area contributed by atoms with Crippen LogP contribution in [-0.2, 0) is 14.3 Å². The maximum atomic E-state index is 14.2. The van der Waals surface area contributed by atoms with Crippen molar-refractivity contribution in [1.29, 1.82) is 0 Å². The zero-order valence-corrected chi connectivity index (χ0v) is 14.6. The molecule has 6 heteroatoms. The quantitative estimate of drug-likeness (QED) is 0.561. The lowest BCUT2D eigenvalue weighted by molar-refractivity contribution is -0.138. The molecule has 0 aromatic heterocycles. The van der Waals surface area contributed by atoms with Crippen LogP contribution in [0.5, 0.6) is 0 Å². The van der Waals surface area contributed by atoms with Gasteiger partial charge < -0.3 is 14.5 Å². The second kappa shape index (κ2) is 9.32. The van der Waals surface area contributed by atoms with Crippen LogP contribution >= 0.6 is 0 Å². The predicted octanol–water partition coefficient (Wildman–Crippen LogP) is 3.11. The molecule has 0 spiro atoms. The van der Waals surface area contributed by atoms with Crippen LogP contribution in [0.1, 0.15) is 32.6 Å². The number of hydrogen-bond acceptors (Lipinski definition) is 4. The largest absolute Gasteiger partial charge is 0.435 e. The molecule has 1 aromatic rings. The van der Waals surface area contributed by atoms with Crippen LogP contribution in [0.15, 0.2) is 37.1 Å². The Morgan fingerprint density at radius 3 is 2.64 bits per heavy atom. The average molecular weight is 348 g/mol. The van der Waals surface area contributed by atoms with E-state index in [2.05, 4.69) is 11.5 Å². The van der Waals surface area contributed by atoms with Crippen LogP contribution in [0.25, 0.3) is 0 Å². The zero-order valence-electron chi connectivity index (χ0n) is 14.6. The Hall–Kier alpha value is -2.21. The molecular weight excluding hydrogens is 323 g/mol. The van der Waals surface area contributed by atoms with Crippen molar-refractivity contribution in [2.24, 2.45) is 0 Å². The van der Waals surface area contributed by atoms with Crippen LogP contribution < -0.4 is 4.90 Å². The molecule has 25 heavy (non-hydrogen) atoms. The topological polar surface area (TPSA) is 49.9 Å². The predicted molar refractivity (Wildman–Crippen MR) is 94.5 cm³/mol. The van der Waals surface area contributed by atoms with Crippen molar-refractivity contribution in [2.75, 3.05) is 24.5 Å². The van der Waals surface area contributed by atoms with Gasteiger partial charge in [0, 0.05) is 32.1 Å². The van der Waals surface area contributed by atoms with Crippen LogP contribution in [0.2, 0.25) is 0 Å². The highest BCUT2D eigenvalue weighted by Crippen LogP contribution is 2.27. The highest BCUT2D eigenvalue weighted by molar-refractivity contribution is 5.93. The number of nitrogens with zero attached hydrogens (tertiary/aromatic N) is 2. The lowest BCUT2D eigenvalue weighted by Crippen LogP contribution is -2.48. The molecule has 0 saturated carbocycles. The summed E-state index contributed by atoms with van der Waals surface area (Å²) in [6.45, 7) is 7.28. The highest BCUT2D eigenvalue weighted by atomic mass is 19.1. The molecule has 0 radical (unpaired) electrons. The first kappa shape index (κ1) is 19.1. The molecule has 1 heterocycles. The number of carbonyl (C=O) groups excluding carboxylic acids is 2. The van der Waals surface area contributed by atoms with Crippen molar-refractivity contribution >= 4 is 17.6 Å². The molecular formula is C19H25FN2O3. The number of carbonyl (C=O) groups is 2. The highest BCUT2D eigenvalue weighted by Gasteiger charge is 2.29. The smallest absolute Gasteiger partial charge is 0.311 e. The summed E-state index contributed by atoms with van der Waals surface area (Å²) in [5.74, 6) is -0.747. The van der Waals surface area contributed by atoms with E-state index in [0.717, 1.165) is 32.2 Å². The molecule has 1 amide bonds. The minimum absolute atomic E-state index is 0.0271. The first-order valence-corrected chi connectivity index (χ1v) is 8.66. The molecule has 5 nitrogen and oxygen atoms in total. The summed E-state index contributed by atoms with van der Waals surface area (Å²) in [7, 11) is 0. The summed E-state index contributed by atoms with van der Waals surface area (Å²) in [5, 5.41) is 0. The minimum Gasteiger partial charge on any atom is -0.435 e. The summed E-state index contributed by atoms with van der Waals surface area (Å²) in [6, 6.07) is 6.37. The number of likely N-dealkylation sites (tertiary alicyclic amines) is 1. The van der Waals surface area contributed by atoms with Gasteiger partial charge in [0.2, 0.25) is 5.91 Å². The first-order valence-electron chi connectivity index (χ1n) is 8.66. The molecule has 0 bridgehead atoms. The number of halogens is 1. The van der Waals surface area contributed by atoms with E-state index >= 15 is 0 Å². The fourth-order valence-electron chi connectivity index (χ4n) is 3.15. The van der Waals surface area contributed by atoms with Gasteiger partial charge in [-0.15, -0.1) is 0 Å². The molecule has 2 rings (SSSR count). The van der Waals surface area contributed by atoms with Crippen molar-refractivity contribution in [3.05, 3.63) is 42.9 Å². The standard InChI is InChI=1S/C19H25FN2O3/c1-3-18(23)22(17-8-6-5-7-16(17)20)15-9-12-21(13-10-15)14-11-19(24)25-4-2/h4-8,15H,2-3,9-14H2,1H3. The van der Waals surface area contributed by atoms with E-state index in [1.165, 1.54) is 6.07 Å². The average Bonchev–Trinajstić information content (AvgIpc) is 2.63. The minimum atomic E-state index is -0.376. The summed E-state index contributed by atoms with van der Waals surface area (Å²) in [5.41, 5.74) is 0.349. The number of piperidine rings is 1. The van der Waals surface area contributed by atoms with Gasteiger partial charge in [-0.2, -0.15) is 0 Å². The van der Waals surface area contributed by atoms with Crippen molar-refractivity contribution in [1.82, 2.24) is 4.90 Å². The third-order valence-corrected chi connectivity index (χ3v) is 4.45. The first-order chi connectivity index (χ1) is 12.1. The summed E-state index contributed by atoms with van der Waals surface area (Å²) in [4.78, 5) is 27.6. The fraction of sp³-hybridized carbons (Fsp3) is 0.474. The fourth-order valence-corrected chi connectivity index (χ4v) is 3.15. The summed E-state index contributed by atoms with van der Waals surface area (Å²) in [6.07, 6.45) is 3.27. The molecule has 0 unspecified atom stereocenters. The number of ether oxygens (including phenoxy) is 1. The number of rotatable bonds is 7. The Balaban J connectivity index is 1.98. The van der Waals surface area contributed by atoms with Crippen molar-refractivity contribution in [3.8, 4) is 0 Å². The zero-order chi connectivity index (χ0) is 18.2. The SMILES string of the molecule is C=COC(=O)CCN1CCC(N(C(=O)CC)c2ccccc2F)CC1. The monoisotopic (exact) mass is 348 g/mol. The number of hydrogen-bond donors (Lipinski definition) is 0. The number of benzene rings is 1. The van der Waals surface area contributed by atoms with E-state index in [4.69, 9.17) is 4.74 Å². The second-order valence-electron chi connectivity index (χ2n) is 6.05. The Morgan fingerprint density at radius 1 is 1.36 bits per heavy atom. The van der Waals surface area contributed by atoms with E-state index in [1.54, 1.807) is 30.0 Å². The van der Waals surface area contributed by atoms with Gasteiger partial charge in [0.25, 0.3) is 0 Å². The van der Waals surface area contributed by atoms with E-state index in [-0.39, 0.29) is 23.7 Å². The van der Waals surface area contributed by atoms with E-state index in [1.807, 2.05) is 0 Å². The lowest BCUT2D eigenvalue weighted by Gasteiger charge is -2.38. The van der Waals surface area contributed by atoms with E-state index in [0.29, 0.717) is 25.1 Å². The molecule has 0 N–H and O–H groups in total. The van der Waals surface area contributed by atoms with Gasteiger partial charge in [0.05, 0.1) is 18.4 Å². The molecule has 1 aliphatic heterocycles. The van der Waals surface area contributed by atoms with Gasteiger partial charge in [0.1, 0.15) is 5.82 Å². The molecule has 1 saturated heterocycles. The van der Waals surface area contributed by atoms with Gasteiger partial charge in [-0.05, 0) is 25.0 Å². The molecule has 1 aliphatic rings. The second-order valence-corrected chi connectivity index (χ2v) is 6.05. The van der Waals surface area contributed by atoms with Gasteiger partial charge in [-0.25, -0.2) is 4.39 Å². The summed E-state index contributed by atoms with van der Waals surface area (Å²) < 4.78 is 18.9. The maximum Gasteiger partial charge on any atom is 0.311 e. The van der Waals surface area contributed by atoms with Gasteiger partial charge in [-0.3, -0.25) is 9.59 Å². The Labute approximate surface area is 148 Å². The van der Waals surface area contributed by atoms with Gasteiger partial charge >= 0.3 is 5.97 Å². The van der Waals surface area contributed by atoms with Crippen molar-refractivity contribution in [2.45, 2.75) is 38.6 Å². The Morgan fingerprint density at radius 2 is 2.04 bits per heavy atom. The molecule has 136 valence electrons. The summed E-state index contributed by atoms with van der Waals surface area (Å²) >= 11 is 0. The molecule has 0 atom stereocenters. The molecule has 1 aromatic carbocycles. The number of anilines is 1. The van der Waals surface area contributed by atoms with E-state index in [9.17, 15) is 14.0 Å². The number of amides is 1. The maximum absolute atomic E-state index is 14.2. The number of esters is 1. The van der Waals surface area contributed by atoms with Crippen LogP contribution in [0.4, 0.5) is 10.1 Å². The Bertz CT molecular complexity index is 612. The van der Waals surface area contributed by atoms with Crippen LogP contribution in [0.3, 0.4) is 0 Å². The van der Waals surface area contributed by atoms with E-state index < -0.39 is 0 Å². The van der Waals surface area contributed by atoms with Crippen LogP contribution in [0, 0.1) is 5.82 Å². The van der Waals surface area contributed by atoms with Crippen LogP contribution in [-0.4, -0.2) is 42.5 Å². The van der Waals surface area contributed by atoms with Crippen molar-refractivity contribution in [3.63, 3.8) is 0 Å². The van der Waals surface area contributed by atoms with Gasteiger partial charge in [-0.1, -0.05) is 25.6 Å². The Kier molecular flexibility index (Phi) is 7.13. The van der Waals surface area contributed by atoms with Gasteiger partial charge in [0.15, 0.2) is 0 Å². The normalized spacial score (nSPS) is 15.6. The van der Waals surface area contributed by atoms with Crippen molar-refractivity contribution < 1.29 is 18.7 Å².